The van der Waals surface area contributed by atoms with E-state index in [4.69, 9.17) is 0 Å². The van der Waals surface area contributed by atoms with Crippen LogP contribution in [-0.4, -0.2) is 35.3 Å². The highest BCUT2D eigenvalue weighted by Gasteiger charge is 2.16. The van der Waals surface area contributed by atoms with Crippen LogP contribution in [0.25, 0.3) is 54.9 Å². The standard InChI is InChI=1S/C20H12FN7S/c21-19-2-1-18(29-19)13-7-22-8-16-11(13)3-15(26-16)20-12-4-14(10-5-24-25-6-10)23-9-17(12)27-28-20/h1-9,26H,(H,24,25)(H,27,28). The van der Waals surface area contributed by atoms with E-state index in [1.165, 1.54) is 6.07 Å². The molecule has 140 valence electrons. The lowest BCUT2D eigenvalue weighted by Crippen LogP contribution is -1.82. The van der Waals surface area contributed by atoms with Crippen LogP contribution in [0.5, 0.6) is 0 Å². The van der Waals surface area contributed by atoms with Gasteiger partial charge in [0.1, 0.15) is 5.69 Å². The van der Waals surface area contributed by atoms with Crippen molar-refractivity contribution in [2.45, 2.75) is 0 Å². The number of thiophene rings is 1. The molecular weight excluding hydrogens is 389 g/mol. The van der Waals surface area contributed by atoms with Gasteiger partial charge in [0.15, 0.2) is 5.13 Å². The van der Waals surface area contributed by atoms with Gasteiger partial charge in [-0.15, -0.1) is 11.3 Å². The Morgan fingerprint density at radius 2 is 1.93 bits per heavy atom. The third kappa shape index (κ3) is 2.55. The molecule has 0 aliphatic heterocycles. The van der Waals surface area contributed by atoms with Crippen molar-refractivity contribution < 1.29 is 4.39 Å². The third-order valence-electron chi connectivity index (χ3n) is 4.88. The molecular formula is C20H12FN7S. The fourth-order valence-electron chi connectivity index (χ4n) is 3.50. The summed E-state index contributed by atoms with van der Waals surface area (Å²) in [6, 6.07) is 7.25. The molecule has 0 amide bonds. The Bertz CT molecular complexity index is 1480. The number of pyridine rings is 2. The molecule has 0 spiro atoms. The van der Waals surface area contributed by atoms with E-state index in [9.17, 15) is 4.39 Å². The van der Waals surface area contributed by atoms with E-state index < -0.39 is 0 Å². The van der Waals surface area contributed by atoms with Gasteiger partial charge in [-0.05, 0) is 24.3 Å². The molecule has 0 saturated carbocycles. The Balaban J connectivity index is 1.53. The molecule has 0 aliphatic carbocycles. The number of H-pyrrole nitrogens is 3. The number of aromatic amines is 3. The summed E-state index contributed by atoms with van der Waals surface area (Å²) in [5.41, 5.74) is 5.94. The zero-order valence-corrected chi connectivity index (χ0v) is 15.6. The molecule has 0 aliphatic rings. The number of hydrogen-bond acceptors (Lipinski definition) is 5. The first-order valence-corrected chi connectivity index (χ1v) is 9.64. The smallest absolute Gasteiger partial charge is 0.176 e. The van der Waals surface area contributed by atoms with E-state index in [2.05, 4.69) is 35.3 Å². The molecule has 6 rings (SSSR count). The molecule has 7 nitrogen and oxygen atoms in total. The fourth-order valence-corrected chi connectivity index (χ4v) is 4.26. The van der Waals surface area contributed by atoms with Gasteiger partial charge < -0.3 is 4.98 Å². The second kappa shape index (κ2) is 6.08. The summed E-state index contributed by atoms with van der Waals surface area (Å²) in [7, 11) is 0. The lowest BCUT2D eigenvalue weighted by Gasteiger charge is -1.98. The topological polar surface area (TPSA) is 98.9 Å². The van der Waals surface area contributed by atoms with Gasteiger partial charge in [0, 0.05) is 39.2 Å². The van der Waals surface area contributed by atoms with Crippen LogP contribution in [0.4, 0.5) is 4.39 Å². The van der Waals surface area contributed by atoms with E-state index in [-0.39, 0.29) is 5.13 Å². The monoisotopic (exact) mass is 401 g/mol. The predicted octanol–water partition coefficient (Wildman–Crippen LogP) is 4.76. The Kier molecular flexibility index (Phi) is 3.38. The van der Waals surface area contributed by atoms with E-state index in [1.54, 1.807) is 37.1 Å². The number of halogens is 1. The molecule has 6 aromatic heterocycles. The van der Waals surface area contributed by atoms with Crippen molar-refractivity contribution in [3.05, 3.63) is 60.4 Å². The average molecular weight is 401 g/mol. The van der Waals surface area contributed by atoms with E-state index in [0.717, 1.165) is 66.2 Å². The molecule has 9 heteroatoms. The summed E-state index contributed by atoms with van der Waals surface area (Å²) in [6.45, 7) is 0. The van der Waals surface area contributed by atoms with Crippen LogP contribution < -0.4 is 0 Å². The predicted molar refractivity (Wildman–Crippen MR) is 110 cm³/mol. The minimum atomic E-state index is -0.217. The van der Waals surface area contributed by atoms with Crippen LogP contribution in [-0.2, 0) is 0 Å². The first kappa shape index (κ1) is 16.1. The van der Waals surface area contributed by atoms with E-state index in [1.807, 2.05) is 12.1 Å². The first-order chi connectivity index (χ1) is 14.3. The number of hydrogen-bond donors (Lipinski definition) is 3. The highest BCUT2D eigenvalue weighted by atomic mass is 32.1. The normalized spacial score (nSPS) is 11.6. The van der Waals surface area contributed by atoms with Crippen LogP contribution >= 0.6 is 11.3 Å². The minimum absolute atomic E-state index is 0.217. The summed E-state index contributed by atoms with van der Waals surface area (Å²) in [5, 5.41) is 16.0. The second-order valence-electron chi connectivity index (χ2n) is 6.61. The number of nitrogens with one attached hydrogen (secondary N) is 3. The maximum atomic E-state index is 13.5. The van der Waals surface area contributed by atoms with Gasteiger partial charge in [0.25, 0.3) is 0 Å². The highest BCUT2D eigenvalue weighted by molar-refractivity contribution is 7.14. The van der Waals surface area contributed by atoms with Crippen LogP contribution in [0, 0.1) is 5.13 Å². The lowest BCUT2D eigenvalue weighted by molar-refractivity contribution is 0.657. The Labute approximate surface area is 166 Å². The molecule has 0 radical (unpaired) electrons. The Morgan fingerprint density at radius 3 is 2.76 bits per heavy atom. The quantitative estimate of drug-likeness (QED) is 0.398. The number of nitrogens with zero attached hydrogens (tertiary/aromatic N) is 4. The van der Waals surface area contributed by atoms with Crippen molar-refractivity contribution in [1.82, 2.24) is 35.3 Å². The van der Waals surface area contributed by atoms with Crippen molar-refractivity contribution in [3.63, 3.8) is 0 Å². The van der Waals surface area contributed by atoms with Crippen molar-refractivity contribution in [2.75, 3.05) is 0 Å². The maximum Gasteiger partial charge on any atom is 0.176 e. The van der Waals surface area contributed by atoms with Crippen molar-refractivity contribution in [1.29, 1.82) is 0 Å². The molecule has 0 unspecified atom stereocenters. The summed E-state index contributed by atoms with van der Waals surface area (Å²) < 4.78 is 13.5. The molecule has 0 bridgehead atoms. The maximum absolute atomic E-state index is 13.5. The molecule has 6 aromatic rings. The van der Waals surface area contributed by atoms with E-state index in [0.29, 0.717) is 0 Å². The number of fused-ring (bicyclic) bond motifs is 2. The third-order valence-corrected chi connectivity index (χ3v) is 5.79. The average Bonchev–Trinajstić information content (AvgIpc) is 3.51. The molecule has 0 saturated heterocycles. The van der Waals surface area contributed by atoms with Crippen LogP contribution in [0.1, 0.15) is 0 Å². The number of rotatable bonds is 3. The zero-order valence-electron chi connectivity index (χ0n) is 14.8. The van der Waals surface area contributed by atoms with Gasteiger partial charge in [-0.25, -0.2) is 0 Å². The van der Waals surface area contributed by atoms with Crippen LogP contribution in [0.2, 0.25) is 0 Å². The fraction of sp³-hybridized carbons (Fsp3) is 0. The van der Waals surface area contributed by atoms with E-state index >= 15 is 0 Å². The summed E-state index contributed by atoms with van der Waals surface area (Å²) >= 11 is 1.11. The molecule has 0 atom stereocenters. The van der Waals surface area contributed by atoms with Crippen LogP contribution in [0.3, 0.4) is 0 Å². The molecule has 3 N–H and O–H groups in total. The van der Waals surface area contributed by atoms with Gasteiger partial charge in [-0.1, -0.05) is 0 Å². The highest BCUT2D eigenvalue weighted by Crippen LogP contribution is 2.36. The summed E-state index contributed by atoms with van der Waals surface area (Å²) in [6.07, 6.45) is 8.82. The van der Waals surface area contributed by atoms with Gasteiger partial charge in [-0.2, -0.15) is 14.6 Å². The summed E-state index contributed by atoms with van der Waals surface area (Å²) in [5.74, 6) is 0. The van der Waals surface area contributed by atoms with Gasteiger partial charge in [0.2, 0.25) is 0 Å². The first-order valence-electron chi connectivity index (χ1n) is 8.82. The number of aromatic nitrogens is 7. The molecule has 29 heavy (non-hydrogen) atoms. The lowest BCUT2D eigenvalue weighted by atomic mass is 10.1. The Morgan fingerprint density at radius 1 is 0.966 bits per heavy atom. The SMILES string of the molecule is Fc1ccc(-c2cncc3[nH]c(-c4n[nH]c5cnc(-c6cn[nH]c6)cc45)cc23)s1. The van der Waals surface area contributed by atoms with Gasteiger partial charge >= 0.3 is 0 Å². The second-order valence-corrected chi connectivity index (χ2v) is 7.64. The van der Waals surface area contributed by atoms with Gasteiger partial charge in [0.05, 0.1) is 41.0 Å². The minimum Gasteiger partial charge on any atom is -0.352 e. The largest absolute Gasteiger partial charge is 0.352 e. The molecule has 0 aromatic carbocycles. The molecule has 0 fully saturated rings. The van der Waals surface area contributed by atoms with Crippen LogP contribution in [0.15, 0.2) is 55.2 Å². The molecule has 6 heterocycles. The van der Waals surface area contributed by atoms with Crippen molar-refractivity contribution in [3.8, 4) is 33.1 Å². The van der Waals surface area contributed by atoms with Gasteiger partial charge in [-0.3, -0.25) is 20.2 Å². The zero-order chi connectivity index (χ0) is 19.4. The Hall–Kier alpha value is -3.85. The van der Waals surface area contributed by atoms with Crippen molar-refractivity contribution >= 4 is 33.1 Å². The van der Waals surface area contributed by atoms with Crippen molar-refractivity contribution in [2.24, 2.45) is 0 Å². The summed E-state index contributed by atoms with van der Waals surface area (Å²) in [4.78, 5) is 13.0.